The van der Waals surface area contributed by atoms with E-state index in [-0.39, 0.29) is 18.5 Å². The molecule has 1 amide bonds. The molecule has 1 aliphatic carbocycles. The Hall–Kier alpha value is -2.04. The van der Waals surface area contributed by atoms with Crippen molar-refractivity contribution in [3.05, 3.63) is 23.8 Å². The second-order valence-electron chi connectivity index (χ2n) is 6.29. The summed E-state index contributed by atoms with van der Waals surface area (Å²) in [5.41, 5.74) is 0.609. The number of ether oxygens (including phenoxy) is 2. The van der Waals surface area contributed by atoms with Crippen molar-refractivity contribution in [2.45, 2.75) is 44.1 Å². The molecule has 1 saturated carbocycles. The van der Waals surface area contributed by atoms with Gasteiger partial charge in [-0.2, -0.15) is 0 Å². The maximum absolute atomic E-state index is 12.3. The minimum atomic E-state index is -0.493. The van der Waals surface area contributed by atoms with Crippen LogP contribution in [-0.4, -0.2) is 35.5 Å². The molecule has 0 radical (unpaired) electrons. The average molecular weight is 301 g/mol. The van der Waals surface area contributed by atoms with Crippen LogP contribution in [0.3, 0.4) is 0 Å². The zero-order chi connectivity index (χ0) is 15.2. The second kappa shape index (κ2) is 5.00. The quantitative estimate of drug-likeness (QED) is 0.857. The van der Waals surface area contributed by atoms with Crippen molar-refractivity contribution in [3.63, 3.8) is 0 Å². The lowest BCUT2D eigenvalue weighted by atomic mass is 9.93. The van der Waals surface area contributed by atoms with E-state index in [9.17, 15) is 9.59 Å². The molecular weight excluding hydrogens is 282 g/mol. The minimum absolute atomic E-state index is 0.121. The molecular formula is C17H19NO4. The molecule has 0 N–H and O–H groups in total. The third-order valence-corrected chi connectivity index (χ3v) is 5.14. The van der Waals surface area contributed by atoms with E-state index >= 15 is 0 Å². The summed E-state index contributed by atoms with van der Waals surface area (Å²) in [4.78, 5) is 26.3. The van der Waals surface area contributed by atoms with Gasteiger partial charge in [0.25, 0.3) is 0 Å². The topological polar surface area (TPSA) is 55.8 Å². The Kier molecular flexibility index (Phi) is 3.10. The van der Waals surface area contributed by atoms with Gasteiger partial charge >= 0.3 is 0 Å². The summed E-state index contributed by atoms with van der Waals surface area (Å²) in [6.45, 7) is 0.866. The lowest BCUT2D eigenvalue weighted by molar-refractivity contribution is -0.138. The van der Waals surface area contributed by atoms with Crippen molar-refractivity contribution in [1.82, 2.24) is 4.90 Å². The molecule has 22 heavy (non-hydrogen) atoms. The lowest BCUT2D eigenvalue weighted by Crippen LogP contribution is -2.49. The van der Waals surface area contributed by atoms with Crippen molar-refractivity contribution in [1.29, 1.82) is 0 Å². The van der Waals surface area contributed by atoms with Gasteiger partial charge in [-0.05, 0) is 43.4 Å². The fraction of sp³-hybridized carbons (Fsp3) is 0.529. The number of nitrogens with zero attached hydrogens (tertiary/aromatic N) is 1. The van der Waals surface area contributed by atoms with Crippen molar-refractivity contribution >= 4 is 11.7 Å². The van der Waals surface area contributed by atoms with Crippen LogP contribution in [-0.2, 0) is 16.0 Å². The summed E-state index contributed by atoms with van der Waals surface area (Å²) in [5.74, 6) is 1.90. The van der Waals surface area contributed by atoms with Gasteiger partial charge in [-0.1, -0.05) is 6.07 Å². The van der Waals surface area contributed by atoms with Crippen LogP contribution in [0.25, 0.3) is 0 Å². The van der Waals surface area contributed by atoms with Gasteiger partial charge in [0.05, 0.1) is 0 Å². The van der Waals surface area contributed by atoms with Crippen molar-refractivity contribution < 1.29 is 19.1 Å². The zero-order valence-corrected chi connectivity index (χ0v) is 12.5. The fourth-order valence-corrected chi connectivity index (χ4v) is 3.96. The summed E-state index contributed by atoms with van der Waals surface area (Å²) < 4.78 is 10.7. The van der Waals surface area contributed by atoms with E-state index in [0.717, 1.165) is 36.3 Å². The van der Waals surface area contributed by atoms with Gasteiger partial charge in [-0.3, -0.25) is 9.59 Å². The van der Waals surface area contributed by atoms with E-state index in [2.05, 4.69) is 0 Å². The fourth-order valence-electron chi connectivity index (χ4n) is 3.96. The van der Waals surface area contributed by atoms with Crippen molar-refractivity contribution in [2.75, 3.05) is 13.3 Å². The molecule has 3 aliphatic rings. The molecule has 2 heterocycles. The number of likely N-dealkylation sites (tertiary alicyclic amines) is 1. The number of rotatable bonds is 3. The van der Waals surface area contributed by atoms with Gasteiger partial charge in [0.1, 0.15) is 5.54 Å². The number of fused-ring (bicyclic) bond motifs is 1. The number of hydrogen-bond donors (Lipinski definition) is 0. The largest absolute Gasteiger partial charge is 0.454 e. The molecule has 2 fully saturated rings. The predicted molar refractivity (Wildman–Crippen MR) is 78.8 cm³/mol. The van der Waals surface area contributed by atoms with E-state index in [1.54, 1.807) is 0 Å². The Morgan fingerprint density at radius 3 is 2.77 bits per heavy atom. The number of carbonyl (C=O) groups is 2. The maximum Gasteiger partial charge on any atom is 0.231 e. The third-order valence-electron chi connectivity index (χ3n) is 5.14. The molecule has 0 aromatic heterocycles. The number of amides is 1. The summed E-state index contributed by atoms with van der Waals surface area (Å²) in [5, 5.41) is 0. The molecule has 5 nitrogen and oxygen atoms in total. The van der Waals surface area contributed by atoms with Crippen LogP contribution >= 0.6 is 0 Å². The van der Waals surface area contributed by atoms with Crippen molar-refractivity contribution in [2.24, 2.45) is 0 Å². The van der Waals surface area contributed by atoms with Crippen LogP contribution in [0.1, 0.15) is 37.7 Å². The van der Waals surface area contributed by atoms with Crippen LogP contribution in [0, 0.1) is 0 Å². The Bertz CT molecular complexity index is 642. The molecule has 1 aromatic rings. The molecule has 4 rings (SSSR count). The maximum atomic E-state index is 12.3. The molecule has 1 atom stereocenters. The van der Waals surface area contributed by atoms with Crippen molar-refractivity contribution in [3.8, 4) is 11.5 Å². The normalized spacial score (nSPS) is 26.5. The minimum Gasteiger partial charge on any atom is -0.454 e. The first-order chi connectivity index (χ1) is 10.7. The molecule has 1 spiro atoms. The number of benzene rings is 1. The lowest BCUT2D eigenvalue weighted by Gasteiger charge is -2.33. The van der Waals surface area contributed by atoms with E-state index in [0.29, 0.717) is 25.8 Å². The highest BCUT2D eigenvalue weighted by Crippen LogP contribution is 2.41. The number of hydrogen-bond acceptors (Lipinski definition) is 4. The van der Waals surface area contributed by atoms with Gasteiger partial charge in [0.2, 0.25) is 12.7 Å². The first-order valence-corrected chi connectivity index (χ1v) is 7.91. The van der Waals surface area contributed by atoms with E-state index in [4.69, 9.17) is 9.47 Å². The smallest absolute Gasteiger partial charge is 0.231 e. The van der Waals surface area contributed by atoms with Crippen LogP contribution in [0.5, 0.6) is 11.5 Å². The van der Waals surface area contributed by atoms with E-state index in [1.165, 1.54) is 0 Å². The molecule has 1 saturated heterocycles. The first-order valence-electron chi connectivity index (χ1n) is 7.91. The molecule has 0 unspecified atom stereocenters. The Morgan fingerprint density at radius 2 is 1.95 bits per heavy atom. The Labute approximate surface area is 129 Å². The summed E-state index contributed by atoms with van der Waals surface area (Å²) in [6.07, 6.45) is 4.30. The highest BCUT2D eigenvalue weighted by atomic mass is 16.7. The molecule has 1 aromatic carbocycles. The SMILES string of the molecule is O=C1CC[C@@]2(CCCC2=O)N1CCc1ccc2c(c1)OCO2. The summed E-state index contributed by atoms with van der Waals surface area (Å²) >= 11 is 0. The number of carbonyl (C=O) groups excluding carboxylic acids is 2. The monoisotopic (exact) mass is 301 g/mol. The summed E-state index contributed by atoms with van der Waals surface area (Å²) in [7, 11) is 0. The van der Waals surface area contributed by atoms with Crippen LogP contribution < -0.4 is 9.47 Å². The van der Waals surface area contributed by atoms with Crippen LogP contribution in [0.15, 0.2) is 18.2 Å². The third kappa shape index (κ3) is 1.99. The highest BCUT2D eigenvalue weighted by Gasteiger charge is 2.52. The molecule has 116 valence electrons. The van der Waals surface area contributed by atoms with E-state index < -0.39 is 5.54 Å². The molecule has 5 heteroatoms. The molecule has 0 bridgehead atoms. The van der Waals surface area contributed by atoms with E-state index in [1.807, 2.05) is 23.1 Å². The predicted octanol–water partition coefficient (Wildman–Crippen LogP) is 2.07. The van der Waals surface area contributed by atoms with Crippen LogP contribution in [0.2, 0.25) is 0 Å². The Morgan fingerprint density at radius 1 is 1.09 bits per heavy atom. The highest BCUT2D eigenvalue weighted by molar-refractivity contribution is 5.97. The average Bonchev–Trinajstić information content (AvgIpc) is 3.19. The standard InChI is InChI=1S/C17H19NO4/c19-15-2-1-7-17(15)8-5-16(20)18(17)9-6-12-3-4-13-14(10-12)22-11-21-13/h3-4,10H,1-2,5-9,11H2/t17-/m1/s1. The van der Waals surface area contributed by atoms with Crippen LogP contribution in [0.4, 0.5) is 0 Å². The van der Waals surface area contributed by atoms with Gasteiger partial charge in [-0.15, -0.1) is 0 Å². The first kappa shape index (κ1) is 13.6. The zero-order valence-electron chi connectivity index (χ0n) is 12.5. The summed E-state index contributed by atoms with van der Waals surface area (Å²) in [6, 6.07) is 5.86. The van der Waals surface area contributed by atoms with Gasteiger partial charge in [-0.25, -0.2) is 0 Å². The number of ketones is 1. The number of Topliss-reactive ketones (excluding diaryl/α,β-unsaturated/α-hetero) is 1. The molecule has 2 aliphatic heterocycles. The van der Waals surface area contributed by atoms with Gasteiger partial charge in [0.15, 0.2) is 17.3 Å². The second-order valence-corrected chi connectivity index (χ2v) is 6.29. The Balaban J connectivity index is 1.50. The van der Waals surface area contributed by atoms with Gasteiger partial charge in [0, 0.05) is 19.4 Å². The van der Waals surface area contributed by atoms with Gasteiger partial charge < -0.3 is 14.4 Å².